The van der Waals surface area contributed by atoms with E-state index >= 15 is 0 Å². The molecule has 2 aliphatic rings. The van der Waals surface area contributed by atoms with Gasteiger partial charge in [-0.25, -0.2) is 15.3 Å². The summed E-state index contributed by atoms with van der Waals surface area (Å²) in [7, 11) is 0. The second-order valence-electron chi connectivity index (χ2n) is 4.63. The van der Waals surface area contributed by atoms with Gasteiger partial charge in [-0.3, -0.25) is 4.98 Å². The molecular weight excluding hydrogens is 230 g/mol. The van der Waals surface area contributed by atoms with Gasteiger partial charge in [-0.05, 0) is 31.9 Å². The number of hydrogen-bond donors (Lipinski definition) is 1. The molecule has 0 spiro atoms. The molecule has 1 N–H and O–H groups in total. The van der Waals surface area contributed by atoms with Crippen LogP contribution in [0.15, 0.2) is 29.5 Å². The highest BCUT2D eigenvalue weighted by Gasteiger charge is 2.38. The molecule has 3 rings (SSSR count). The van der Waals surface area contributed by atoms with Crippen LogP contribution in [0.3, 0.4) is 0 Å². The Bertz CT molecular complexity index is 429. The number of hydrogen-bond acceptors (Lipinski definition) is 5. The van der Waals surface area contributed by atoms with E-state index in [0.29, 0.717) is 12.0 Å². The monoisotopic (exact) mass is 247 g/mol. The van der Waals surface area contributed by atoms with Crippen LogP contribution in [-0.4, -0.2) is 29.8 Å². The molecule has 18 heavy (non-hydrogen) atoms. The van der Waals surface area contributed by atoms with Crippen molar-refractivity contribution < 1.29 is 9.57 Å². The summed E-state index contributed by atoms with van der Waals surface area (Å²) in [4.78, 5) is 14.1. The summed E-state index contributed by atoms with van der Waals surface area (Å²) in [5, 5.41) is 0. The molecule has 0 saturated heterocycles. The van der Waals surface area contributed by atoms with Gasteiger partial charge in [-0.2, -0.15) is 0 Å². The average Bonchev–Trinajstić information content (AvgIpc) is 2.83. The van der Waals surface area contributed by atoms with Gasteiger partial charge in [-0.15, -0.1) is 0 Å². The molecule has 96 valence electrons. The zero-order chi connectivity index (χ0) is 12.4. The van der Waals surface area contributed by atoms with E-state index < -0.39 is 0 Å². The fourth-order valence-electron chi connectivity index (χ4n) is 2.35. The molecule has 1 atom stereocenters. The van der Waals surface area contributed by atoms with Crippen LogP contribution >= 0.6 is 0 Å². The van der Waals surface area contributed by atoms with Crippen LogP contribution in [0, 0.1) is 5.92 Å². The lowest BCUT2D eigenvalue weighted by molar-refractivity contribution is -0.0903. The van der Waals surface area contributed by atoms with Crippen LogP contribution in [0.4, 0.5) is 0 Å². The van der Waals surface area contributed by atoms with E-state index in [1.165, 1.54) is 0 Å². The molecule has 1 unspecified atom stereocenters. The number of rotatable bonds is 4. The maximum atomic E-state index is 5.55. The van der Waals surface area contributed by atoms with Crippen LogP contribution in [0.1, 0.15) is 25.3 Å². The standard InChI is InChI=1S/C13H17N3O2/c1-2-17-11-7-10(8-11)13-15-12(16-18-13)9-3-5-14-6-4-9/h3-6,10-11,13H,2,7-8H2,1H3,(H,15,16). The summed E-state index contributed by atoms with van der Waals surface area (Å²) in [6.45, 7) is 2.81. The Balaban J connectivity index is 1.60. The molecule has 1 saturated carbocycles. The number of nitrogens with one attached hydrogen (secondary N) is 1. The van der Waals surface area contributed by atoms with Gasteiger partial charge in [0.1, 0.15) is 0 Å². The lowest BCUT2D eigenvalue weighted by Crippen LogP contribution is -2.38. The molecular formula is C13H17N3O2. The van der Waals surface area contributed by atoms with Crippen molar-refractivity contribution in [1.82, 2.24) is 10.5 Å². The fourth-order valence-corrected chi connectivity index (χ4v) is 2.35. The van der Waals surface area contributed by atoms with Gasteiger partial charge in [0, 0.05) is 30.5 Å². The molecule has 0 aromatic carbocycles. The van der Waals surface area contributed by atoms with Crippen LogP contribution in [-0.2, 0) is 9.57 Å². The fraction of sp³-hybridized carbons (Fsp3) is 0.538. The second-order valence-corrected chi connectivity index (χ2v) is 4.63. The first-order valence-corrected chi connectivity index (χ1v) is 6.38. The van der Waals surface area contributed by atoms with Crippen molar-refractivity contribution in [3.8, 4) is 0 Å². The van der Waals surface area contributed by atoms with Gasteiger partial charge in [-0.1, -0.05) is 0 Å². The van der Waals surface area contributed by atoms with E-state index in [1.807, 2.05) is 19.1 Å². The van der Waals surface area contributed by atoms with Crippen molar-refractivity contribution >= 4 is 5.84 Å². The van der Waals surface area contributed by atoms with Crippen molar-refractivity contribution in [2.75, 3.05) is 6.61 Å². The summed E-state index contributed by atoms with van der Waals surface area (Å²) in [6.07, 6.45) is 5.89. The number of aromatic nitrogens is 1. The highest BCUT2D eigenvalue weighted by atomic mass is 16.7. The topological polar surface area (TPSA) is 55.7 Å². The first-order chi connectivity index (χ1) is 8.86. The predicted octanol–water partition coefficient (Wildman–Crippen LogP) is 1.50. The summed E-state index contributed by atoms with van der Waals surface area (Å²) in [6, 6.07) is 3.84. The van der Waals surface area contributed by atoms with Gasteiger partial charge in [0.2, 0.25) is 0 Å². The van der Waals surface area contributed by atoms with Crippen molar-refractivity contribution in [2.45, 2.75) is 32.1 Å². The van der Waals surface area contributed by atoms with Crippen LogP contribution in [0.5, 0.6) is 0 Å². The van der Waals surface area contributed by atoms with Gasteiger partial charge in [0.25, 0.3) is 0 Å². The first kappa shape index (κ1) is 11.6. The van der Waals surface area contributed by atoms with Crippen molar-refractivity contribution in [3.05, 3.63) is 30.1 Å². The lowest BCUT2D eigenvalue weighted by atomic mass is 9.81. The zero-order valence-electron chi connectivity index (χ0n) is 10.4. The maximum Gasteiger partial charge on any atom is 0.180 e. The third-order valence-electron chi connectivity index (χ3n) is 3.42. The summed E-state index contributed by atoms with van der Waals surface area (Å²) < 4.78 is 5.55. The van der Waals surface area contributed by atoms with Crippen LogP contribution < -0.4 is 5.48 Å². The smallest absolute Gasteiger partial charge is 0.180 e. The highest BCUT2D eigenvalue weighted by molar-refractivity contribution is 5.98. The molecule has 1 aliphatic carbocycles. The Labute approximate surface area is 106 Å². The number of amidine groups is 1. The maximum absolute atomic E-state index is 5.55. The summed E-state index contributed by atoms with van der Waals surface area (Å²) in [5.74, 6) is 1.26. The van der Waals surface area contributed by atoms with E-state index in [-0.39, 0.29) is 6.23 Å². The molecule has 5 heteroatoms. The molecule has 1 aromatic rings. The molecule has 0 amide bonds. The molecule has 2 heterocycles. The van der Waals surface area contributed by atoms with E-state index in [0.717, 1.165) is 30.8 Å². The SMILES string of the molecule is CCOC1CC(C2N=C(c3ccncc3)NO2)C1. The van der Waals surface area contributed by atoms with E-state index in [9.17, 15) is 0 Å². The van der Waals surface area contributed by atoms with Gasteiger partial charge in [0.05, 0.1) is 6.10 Å². The zero-order valence-corrected chi connectivity index (χ0v) is 10.4. The minimum atomic E-state index is -0.0788. The number of ether oxygens (including phenoxy) is 1. The van der Waals surface area contributed by atoms with Crippen molar-refractivity contribution in [2.24, 2.45) is 10.9 Å². The number of hydroxylamine groups is 1. The van der Waals surface area contributed by atoms with E-state index in [4.69, 9.17) is 9.57 Å². The number of nitrogens with zero attached hydrogens (tertiary/aromatic N) is 2. The summed E-state index contributed by atoms with van der Waals surface area (Å²) >= 11 is 0. The third-order valence-corrected chi connectivity index (χ3v) is 3.42. The number of aliphatic imine (C=N–C) groups is 1. The summed E-state index contributed by atoms with van der Waals surface area (Å²) in [5.41, 5.74) is 3.91. The lowest BCUT2D eigenvalue weighted by Gasteiger charge is -2.36. The van der Waals surface area contributed by atoms with E-state index in [2.05, 4.69) is 15.5 Å². The van der Waals surface area contributed by atoms with Crippen molar-refractivity contribution in [3.63, 3.8) is 0 Å². The Morgan fingerprint density at radius 2 is 2.17 bits per heavy atom. The van der Waals surface area contributed by atoms with Gasteiger partial charge >= 0.3 is 0 Å². The molecule has 5 nitrogen and oxygen atoms in total. The minimum Gasteiger partial charge on any atom is -0.378 e. The predicted molar refractivity (Wildman–Crippen MR) is 66.9 cm³/mol. The number of pyridine rings is 1. The molecule has 0 bridgehead atoms. The molecule has 0 radical (unpaired) electrons. The largest absolute Gasteiger partial charge is 0.378 e. The Morgan fingerprint density at radius 3 is 2.89 bits per heavy atom. The Hall–Kier alpha value is -1.46. The average molecular weight is 247 g/mol. The first-order valence-electron chi connectivity index (χ1n) is 6.38. The highest BCUT2D eigenvalue weighted by Crippen LogP contribution is 2.35. The molecule has 1 aromatic heterocycles. The Kier molecular flexibility index (Phi) is 3.25. The van der Waals surface area contributed by atoms with E-state index in [1.54, 1.807) is 12.4 Å². The molecule has 1 aliphatic heterocycles. The van der Waals surface area contributed by atoms with Gasteiger partial charge in [0.15, 0.2) is 12.1 Å². The Morgan fingerprint density at radius 1 is 1.39 bits per heavy atom. The quantitative estimate of drug-likeness (QED) is 0.876. The van der Waals surface area contributed by atoms with Crippen LogP contribution in [0.2, 0.25) is 0 Å². The normalized spacial score (nSPS) is 30.5. The minimum absolute atomic E-state index is 0.0788. The molecule has 1 fully saturated rings. The van der Waals surface area contributed by atoms with Crippen LogP contribution in [0.25, 0.3) is 0 Å². The van der Waals surface area contributed by atoms with Gasteiger partial charge < -0.3 is 4.74 Å². The second kappa shape index (κ2) is 5.04. The van der Waals surface area contributed by atoms with Crippen molar-refractivity contribution in [1.29, 1.82) is 0 Å². The third kappa shape index (κ3) is 2.23.